The van der Waals surface area contributed by atoms with Crippen molar-refractivity contribution < 1.29 is 9.59 Å². The molecule has 0 radical (unpaired) electrons. The topological polar surface area (TPSA) is 58.2 Å². The molecule has 23 heavy (non-hydrogen) atoms. The minimum atomic E-state index is -0.166. The second-order valence-electron chi connectivity index (χ2n) is 5.75. The van der Waals surface area contributed by atoms with Crippen LogP contribution in [0.2, 0.25) is 0 Å². The van der Waals surface area contributed by atoms with Crippen molar-refractivity contribution in [3.63, 3.8) is 0 Å². The second kappa shape index (κ2) is 7.27. The summed E-state index contributed by atoms with van der Waals surface area (Å²) in [5.74, 6) is -0.316. The van der Waals surface area contributed by atoms with Gasteiger partial charge in [0.15, 0.2) is 0 Å². The van der Waals surface area contributed by atoms with Crippen molar-refractivity contribution in [3.8, 4) is 0 Å². The number of hydrogen-bond acceptors (Lipinski definition) is 4. The third-order valence-electron chi connectivity index (χ3n) is 3.98. The summed E-state index contributed by atoms with van der Waals surface area (Å²) in [6, 6.07) is 5.90. The largest absolute Gasteiger partial charge is 0.347 e. The van der Waals surface area contributed by atoms with Crippen molar-refractivity contribution >= 4 is 34.5 Å². The molecule has 1 aliphatic carbocycles. The number of hydrogen-bond donors (Lipinski definition) is 2. The molecule has 1 atom stereocenters. The zero-order chi connectivity index (χ0) is 16.2. The average molecular weight is 348 g/mol. The highest BCUT2D eigenvalue weighted by Crippen LogP contribution is 2.29. The van der Waals surface area contributed by atoms with Crippen molar-refractivity contribution in [3.05, 3.63) is 43.8 Å². The summed E-state index contributed by atoms with van der Waals surface area (Å²) >= 11 is 3.17. The highest BCUT2D eigenvalue weighted by atomic mass is 32.1. The Labute approximate surface area is 143 Å². The smallest absolute Gasteiger partial charge is 0.261 e. The molecule has 6 heteroatoms. The van der Waals surface area contributed by atoms with E-state index in [0.717, 1.165) is 22.6 Å². The number of nitrogens with one attached hydrogen (secondary N) is 2. The SMILES string of the molecule is C[C@@H](NC(=O)CNC(=O)c1cc2c(s1)CCCC2)c1cccs1. The van der Waals surface area contributed by atoms with Crippen LogP contribution in [0, 0.1) is 0 Å². The third-order valence-corrected chi connectivity index (χ3v) is 6.27. The van der Waals surface area contributed by atoms with Gasteiger partial charge in [-0.15, -0.1) is 22.7 Å². The maximum Gasteiger partial charge on any atom is 0.261 e. The number of carbonyl (C=O) groups excluding carboxylic acids is 2. The van der Waals surface area contributed by atoms with E-state index in [0.29, 0.717) is 0 Å². The molecule has 2 heterocycles. The van der Waals surface area contributed by atoms with E-state index in [1.807, 2.05) is 30.5 Å². The number of fused-ring (bicyclic) bond motifs is 1. The van der Waals surface area contributed by atoms with Crippen LogP contribution in [0.25, 0.3) is 0 Å². The van der Waals surface area contributed by atoms with Crippen LogP contribution < -0.4 is 10.6 Å². The summed E-state index contributed by atoms with van der Waals surface area (Å²) in [6.07, 6.45) is 4.55. The van der Waals surface area contributed by atoms with Gasteiger partial charge in [-0.3, -0.25) is 9.59 Å². The summed E-state index contributed by atoms with van der Waals surface area (Å²) in [7, 11) is 0. The summed E-state index contributed by atoms with van der Waals surface area (Å²) in [4.78, 5) is 27.3. The molecule has 2 N–H and O–H groups in total. The van der Waals surface area contributed by atoms with E-state index in [2.05, 4.69) is 10.6 Å². The van der Waals surface area contributed by atoms with Crippen LogP contribution in [-0.4, -0.2) is 18.4 Å². The van der Waals surface area contributed by atoms with Crippen molar-refractivity contribution in [2.45, 2.75) is 38.6 Å². The van der Waals surface area contributed by atoms with Gasteiger partial charge in [0.05, 0.1) is 17.5 Å². The van der Waals surface area contributed by atoms with Crippen LogP contribution >= 0.6 is 22.7 Å². The molecule has 3 rings (SSSR count). The Bertz CT molecular complexity index is 668. The van der Waals surface area contributed by atoms with Gasteiger partial charge in [-0.2, -0.15) is 0 Å². The first kappa shape index (κ1) is 16.2. The summed E-state index contributed by atoms with van der Waals surface area (Å²) < 4.78 is 0. The zero-order valence-corrected chi connectivity index (χ0v) is 14.7. The Morgan fingerprint density at radius 3 is 2.87 bits per heavy atom. The second-order valence-corrected chi connectivity index (χ2v) is 7.87. The molecule has 2 aromatic rings. The van der Waals surface area contributed by atoms with Gasteiger partial charge in [-0.25, -0.2) is 0 Å². The quantitative estimate of drug-likeness (QED) is 0.871. The maximum atomic E-state index is 12.2. The highest BCUT2D eigenvalue weighted by Gasteiger charge is 2.18. The first-order chi connectivity index (χ1) is 11.1. The molecular weight excluding hydrogens is 328 g/mol. The van der Waals surface area contributed by atoms with E-state index in [-0.39, 0.29) is 24.4 Å². The molecule has 0 unspecified atom stereocenters. The predicted octanol–water partition coefficient (Wildman–Crippen LogP) is 3.30. The maximum absolute atomic E-state index is 12.2. The Hall–Kier alpha value is -1.66. The number of carbonyl (C=O) groups is 2. The van der Waals surface area contributed by atoms with E-state index in [1.165, 1.54) is 23.3 Å². The van der Waals surface area contributed by atoms with Crippen LogP contribution in [-0.2, 0) is 17.6 Å². The lowest BCUT2D eigenvalue weighted by Crippen LogP contribution is -2.37. The summed E-state index contributed by atoms with van der Waals surface area (Å²) in [6.45, 7) is 1.95. The first-order valence-electron chi connectivity index (χ1n) is 7.86. The Kier molecular flexibility index (Phi) is 5.13. The molecule has 0 aliphatic heterocycles. The van der Waals surface area contributed by atoms with E-state index in [1.54, 1.807) is 22.7 Å². The molecule has 0 aromatic carbocycles. The molecule has 0 saturated heterocycles. The lowest BCUT2D eigenvalue weighted by atomic mass is 9.99. The average Bonchev–Trinajstić information content (AvgIpc) is 3.21. The Morgan fingerprint density at radius 1 is 1.30 bits per heavy atom. The molecule has 122 valence electrons. The zero-order valence-electron chi connectivity index (χ0n) is 13.1. The van der Waals surface area contributed by atoms with Crippen LogP contribution in [0.5, 0.6) is 0 Å². The van der Waals surface area contributed by atoms with E-state index >= 15 is 0 Å². The van der Waals surface area contributed by atoms with Gasteiger partial charge >= 0.3 is 0 Å². The van der Waals surface area contributed by atoms with Gasteiger partial charge in [0.1, 0.15) is 0 Å². The lowest BCUT2D eigenvalue weighted by Gasteiger charge is -2.12. The highest BCUT2D eigenvalue weighted by molar-refractivity contribution is 7.14. The minimum absolute atomic E-state index is 0.0110. The van der Waals surface area contributed by atoms with Crippen LogP contribution in [0.3, 0.4) is 0 Å². The number of thiophene rings is 2. The van der Waals surface area contributed by atoms with Gasteiger partial charge < -0.3 is 10.6 Å². The fourth-order valence-electron chi connectivity index (χ4n) is 2.75. The van der Waals surface area contributed by atoms with Gasteiger partial charge in [0.2, 0.25) is 5.91 Å². The molecule has 4 nitrogen and oxygen atoms in total. The van der Waals surface area contributed by atoms with Gasteiger partial charge in [0, 0.05) is 9.75 Å². The Balaban J connectivity index is 1.50. The van der Waals surface area contributed by atoms with Crippen LogP contribution in [0.4, 0.5) is 0 Å². The van der Waals surface area contributed by atoms with E-state index in [9.17, 15) is 9.59 Å². The molecule has 1 aliphatic rings. The summed E-state index contributed by atoms with van der Waals surface area (Å²) in [5.41, 5.74) is 1.31. The predicted molar refractivity (Wildman–Crippen MR) is 94.2 cm³/mol. The van der Waals surface area contributed by atoms with Gasteiger partial charge in [-0.1, -0.05) is 6.07 Å². The van der Waals surface area contributed by atoms with E-state index < -0.39 is 0 Å². The van der Waals surface area contributed by atoms with Crippen LogP contribution in [0.1, 0.15) is 50.8 Å². The normalized spacial score (nSPS) is 14.8. The minimum Gasteiger partial charge on any atom is -0.347 e. The van der Waals surface area contributed by atoms with E-state index in [4.69, 9.17) is 0 Å². The fraction of sp³-hybridized carbons (Fsp3) is 0.412. The molecule has 0 fully saturated rings. The third kappa shape index (κ3) is 4.00. The molecule has 0 spiro atoms. The van der Waals surface area contributed by atoms with Crippen LogP contribution in [0.15, 0.2) is 23.6 Å². The molecular formula is C17H20N2O2S2. The van der Waals surface area contributed by atoms with Gasteiger partial charge in [0.25, 0.3) is 5.91 Å². The molecule has 2 amide bonds. The van der Waals surface area contributed by atoms with Crippen molar-refractivity contribution in [1.82, 2.24) is 10.6 Å². The lowest BCUT2D eigenvalue weighted by molar-refractivity contribution is -0.120. The summed E-state index contributed by atoms with van der Waals surface area (Å²) in [5, 5.41) is 7.60. The first-order valence-corrected chi connectivity index (χ1v) is 9.55. The molecule has 2 aromatic heterocycles. The fourth-order valence-corrected chi connectivity index (χ4v) is 4.66. The number of aryl methyl sites for hydroxylation is 2. The van der Waals surface area contributed by atoms with Crippen molar-refractivity contribution in [1.29, 1.82) is 0 Å². The monoisotopic (exact) mass is 348 g/mol. The standard InChI is InChI=1S/C17H20N2O2S2/c1-11(13-7-4-8-22-13)19-16(20)10-18-17(21)15-9-12-5-2-3-6-14(12)23-15/h4,7-9,11H,2-3,5-6,10H2,1H3,(H,18,21)(H,19,20)/t11-/m1/s1. The Morgan fingerprint density at radius 2 is 2.13 bits per heavy atom. The molecule has 0 saturated carbocycles. The molecule has 0 bridgehead atoms. The van der Waals surface area contributed by atoms with Crippen molar-refractivity contribution in [2.24, 2.45) is 0 Å². The number of rotatable bonds is 5. The number of amides is 2. The van der Waals surface area contributed by atoms with Gasteiger partial charge in [-0.05, 0) is 55.7 Å². The van der Waals surface area contributed by atoms with Crippen molar-refractivity contribution in [2.75, 3.05) is 6.54 Å².